The van der Waals surface area contributed by atoms with Gasteiger partial charge in [0.05, 0.1) is 18.3 Å². The molecule has 1 N–H and O–H groups in total. The predicted molar refractivity (Wildman–Crippen MR) is 109 cm³/mol. The van der Waals surface area contributed by atoms with Crippen LogP contribution in [0, 0.1) is 0 Å². The van der Waals surface area contributed by atoms with E-state index in [9.17, 15) is 9.90 Å². The summed E-state index contributed by atoms with van der Waals surface area (Å²) in [4.78, 5) is 14.4. The summed E-state index contributed by atoms with van der Waals surface area (Å²) in [6.07, 6.45) is 3.71. The van der Waals surface area contributed by atoms with E-state index in [-0.39, 0.29) is 11.7 Å². The molecule has 0 atom stereocenters. The monoisotopic (exact) mass is 371 g/mol. The highest BCUT2D eigenvalue weighted by Crippen LogP contribution is 2.26. The minimum Gasteiger partial charge on any atom is -0.507 e. The second-order valence-electron chi connectivity index (χ2n) is 6.91. The summed E-state index contributed by atoms with van der Waals surface area (Å²) in [5.74, 6) is -0.227. The average molecular weight is 371 g/mol. The number of hydrogen-bond donors (Lipinski definition) is 1. The lowest BCUT2D eigenvalue weighted by Gasteiger charge is -2.17. The smallest absolute Gasteiger partial charge is 0.257 e. The van der Waals surface area contributed by atoms with Gasteiger partial charge in [-0.05, 0) is 28.5 Å². The standard InChI is InChI=1S/C23H21N3O2/c1-25(14-18-13-24-26(16-18)15-17-7-3-2-4-8-17)23(28)21-11-19-9-5-6-10-20(19)12-22(21)27/h2-13,16,27H,14-15H2,1H3. The molecule has 0 aliphatic heterocycles. The van der Waals surface area contributed by atoms with Crippen LogP contribution >= 0.6 is 0 Å². The van der Waals surface area contributed by atoms with Crippen molar-refractivity contribution in [2.75, 3.05) is 7.05 Å². The summed E-state index contributed by atoms with van der Waals surface area (Å²) in [6, 6.07) is 21.1. The van der Waals surface area contributed by atoms with Crippen LogP contribution in [0.2, 0.25) is 0 Å². The fraction of sp³-hybridized carbons (Fsp3) is 0.130. The van der Waals surface area contributed by atoms with E-state index < -0.39 is 0 Å². The maximum Gasteiger partial charge on any atom is 0.257 e. The Bertz CT molecular complexity index is 1120. The van der Waals surface area contributed by atoms with Gasteiger partial charge in [-0.25, -0.2) is 0 Å². The number of carbonyl (C=O) groups is 1. The molecule has 0 radical (unpaired) electrons. The molecular formula is C23H21N3O2. The minimum absolute atomic E-state index is 0.00433. The van der Waals surface area contributed by atoms with E-state index >= 15 is 0 Å². The number of phenols is 1. The number of benzene rings is 3. The molecule has 0 bridgehead atoms. The van der Waals surface area contributed by atoms with Gasteiger partial charge in [0.2, 0.25) is 0 Å². The van der Waals surface area contributed by atoms with Crippen molar-refractivity contribution in [1.29, 1.82) is 0 Å². The van der Waals surface area contributed by atoms with E-state index in [4.69, 9.17) is 0 Å². The fourth-order valence-corrected chi connectivity index (χ4v) is 3.30. The molecule has 0 saturated carbocycles. The Labute approximate surface area is 163 Å². The zero-order valence-electron chi connectivity index (χ0n) is 15.6. The van der Waals surface area contributed by atoms with E-state index in [0.29, 0.717) is 18.7 Å². The Kier molecular flexibility index (Phi) is 4.81. The van der Waals surface area contributed by atoms with Gasteiger partial charge in [-0.2, -0.15) is 5.10 Å². The molecule has 140 valence electrons. The van der Waals surface area contributed by atoms with Crippen LogP contribution in [-0.4, -0.2) is 32.7 Å². The number of fused-ring (bicyclic) bond motifs is 1. The van der Waals surface area contributed by atoms with Gasteiger partial charge in [-0.1, -0.05) is 54.6 Å². The minimum atomic E-state index is -0.223. The number of aromatic nitrogens is 2. The maximum atomic E-state index is 12.9. The first-order chi connectivity index (χ1) is 13.6. The summed E-state index contributed by atoms with van der Waals surface area (Å²) in [6.45, 7) is 1.10. The van der Waals surface area contributed by atoms with Crippen molar-refractivity contribution in [2.45, 2.75) is 13.1 Å². The number of rotatable bonds is 5. The van der Waals surface area contributed by atoms with Crippen molar-refractivity contribution in [3.8, 4) is 5.75 Å². The van der Waals surface area contributed by atoms with Crippen molar-refractivity contribution in [2.24, 2.45) is 0 Å². The van der Waals surface area contributed by atoms with Gasteiger partial charge < -0.3 is 10.0 Å². The molecule has 0 unspecified atom stereocenters. The molecular weight excluding hydrogens is 350 g/mol. The normalized spacial score (nSPS) is 10.9. The molecule has 5 nitrogen and oxygen atoms in total. The van der Waals surface area contributed by atoms with Crippen molar-refractivity contribution >= 4 is 16.7 Å². The third-order valence-corrected chi connectivity index (χ3v) is 4.73. The lowest BCUT2D eigenvalue weighted by atomic mass is 10.0. The molecule has 0 fully saturated rings. The van der Waals surface area contributed by atoms with Crippen molar-refractivity contribution < 1.29 is 9.90 Å². The predicted octanol–water partition coefficient (Wildman–Crippen LogP) is 4.06. The zero-order valence-corrected chi connectivity index (χ0v) is 15.6. The van der Waals surface area contributed by atoms with E-state index in [1.165, 1.54) is 5.56 Å². The Morgan fingerprint density at radius 2 is 1.68 bits per heavy atom. The van der Waals surface area contributed by atoms with Crippen LogP contribution in [-0.2, 0) is 13.1 Å². The van der Waals surface area contributed by atoms with Gasteiger partial charge in [-0.3, -0.25) is 9.48 Å². The molecule has 4 aromatic rings. The number of carbonyl (C=O) groups excluding carboxylic acids is 1. The molecule has 4 rings (SSSR count). The molecule has 1 aromatic heterocycles. The fourth-order valence-electron chi connectivity index (χ4n) is 3.30. The molecule has 1 heterocycles. The van der Waals surface area contributed by atoms with Crippen LogP contribution in [0.3, 0.4) is 0 Å². The summed E-state index contributed by atoms with van der Waals surface area (Å²) in [7, 11) is 1.73. The topological polar surface area (TPSA) is 58.4 Å². The van der Waals surface area contributed by atoms with Crippen LogP contribution in [0.1, 0.15) is 21.5 Å². The van der Waals surface area contributed by atoms with Crippen LogP contribution in [0.5, 0.6) is 5.75 Å². The summed E-state index contributed by atoms with van der Waals surface area (Å²) in [5.41, 5.74) is 2.41. The third kappa shape index (κ3) is 3.74. The molecule has 1 amide bonds. The van der Waals surface area contributed by atoms with E-state index in [2.05, 4.69) is 17.2 Å². The van der Waals surface area contributed by atoms with Gasteiger partial charge in [0.25, 0.3) is 5.91 Å². The highest BCUT2D eigenvalue weighted by molar-refractivity contribution is 6.01. The van der Waals surface area contributed by atoms with Gasteiger partial charge in [0, 0.05) is 25.4 Å². The number of aromatic hydroxyl groups is 1. The molecule has 0 aliphatic rings. The van der Waals surface area contributed by atoms with Gasteiger partial charge in [0.15, 0.2) is 0 Å². The number of hydrogen-bond acceptors (Lipinski definition) is 3. The molecule has 5 heteroatoms. The lowest BCUT2D eigenvalue weighted by Crippen LogP contribution is -2.26. The van der Waals surface area contributed by atoms with Crippen LogP contribution in [0.4, 0.5) is 0 Å². The Hall–Kier alpha value is -3.60. The number of phenolic OH excluding ortho intramolecular Hbond substituents is 1. The SMILES string of the molecule is CN(Cc1cnn(Cc2ccccc2)c1)C(=O)c1cc2ccccc2cc1O. The summed E-state index contributed by atoms with van der Waals surface area (Å²) >= 11 is 0. The summed E-state index contributed by atoms with van der Waals surface area (Å²) < 4.78 is 1.86. The quantitative estimate of drug-likeness (QED) is 0.575. The van der Waals surface area contributed by atoms with Crippen LogP contribution < -0.4 is 0 Å². The second kappa shape index (κ2) is 7.56. The van der Waals surface area contributed by atoms with Crippen molar-refractivity contribution in [1.82, 2.24) is 14.7 Å². The largest absolute Gasteiger partial charge is 0.507 e. The van der Waals surface area contributed by atoms with Crippen LogP contribution in [0.15, 0.2) is 79.1 Å². The third-order valence-electron chi connectivity index (χ3n) is 4.73. The first kappa shape index (κ1) is 17.8. The van der Waals surface area contributed by atoms with E-state index in [1.807, 2.05) is 53.3 Å². The molecule has 3 aromatic carbocycles. The zero-order chi connectivity index (χ0) is 19.5. The lowest BCUT2D eigenvalue weighted by molar-refractivity contribution is 0.0782. The van der Waals surface area contributed by atoms with Crippen molar-refractivity contribution in [3.05, 3.63) is 95.8 Å². The average Bonchev–Trinajstić information content (AvgIpc) is 3.14. The van der Waals surface area contributed by atoms with Gasteiger partial charge in [0.1, 0.15) is 5.75 Å². The van der Waals surface area contributed by atoms with E-state index in [1.54, 1.807) is 30.3 Å². The Balaban J connectivity index is 1.48. The highest BCUT2D eigenvalue weighted by atomic mass is 16.3. The molecule has 0 aliphatic carbocycles. The van der Waals surface area contributed by atoms with Crippen LogP contribution in [0.25, 0.3) is 10.8 Å². The Morgan fingerprint density at radius 3 is 2.43 bits per heavy atom. The Morgan fingerprint density at radius 1 is 1.00 bits per heavy atom. The van der Waals surface area contributed by atoms with Gasteiger partial charge in [-0.15, -0.1) is 0 Å². The second-order valence-corrected chi connectivity index (χ2v) is 6.91. The maximum absolute atomic E-state index is 12.9. The van der Waals surface area contributed by atoms with E-state index in [0.717, 1.165) is 16.3 Å². The molecule has 0 saturated heterocycles. The number of nitrogens with zero attached hydrogens (tertiary/aromatic N) is 3. The highest BCUT2D eigenvalue weighted by Gasteiger charge is 2.17. The molecule has 0 spiro atoms. The van der Waals surface area contributed by atoms with Gasteiger partial charge >= 0.3 is 0 Å². The summed E-state index contributed by atoms with van der Waals surface area (Å²) in [5, 5.41) is 16.5. The molecule has 28 heavy (non-hydrogen) atoms. The van der Waals surface area contributed by atoms with Crippen molar-refractivity contribution in [3.63, 3.8) is 0 Å². The first-order valence-electron chi connectivity index (χ1n) is 9.12. The number of amides is 1. The first-order valence-corrected chi connectivity index (χ1v) is 9.12.